The number of aromatic hydroxyl groups is 1. The first-order valence-electron chi connectivity index (χ1n) is 6.42. The Balaban J connectivity index is 2.26. The number of hydrogen-bond donors (Lipinski definition) is 1. The van der Waals surface area contributed by atoms with Gasteiger partial charge in [0.1, 0.15) is 11.6 Å². The number of phenols is 1. The summed E-state index contributed by atoms with van der Waals surface area (Å²) in [5.41, 5.74) is 0.835. The Kier molecular flexibility index (Phi) is 4.82. The van der Waals surface area contributed by atoms with E-state index in [4.69, 9.17) is 0 Å². The van der Waals surface area contributed by atoms with Gasteiger partial charge in [0, 0.05) is 18.2 Å². The van der Waals surface area contributed by atoms with Crippen molar-refractivity contribution >= 4 is 28.5 Å². The SMILES string of the molecule is CC(c1ccccc1F)N(C)C(=O)c1ccc(I)c(O)c1. The smallest absolute Gasteiger partial charge is 0.254 e. The van der Waals surface area contributed by atoms with Gasteiger partial charge < -0.3 is 10.0 Å². The normalized spacial score (nSPS) is 12.0. The van der Waals surface area contributed by atoms with E-state index in [1.165, 1.54) is 17.0 Å². The summed E-state index contributed by atoms with van der Waals surface area (Å²) in [6.45, 7) is 1.77. The summed E-state index contributed by atoms with van der Waals surface area (Å²) in [6, 6.07) is 10.7. The number of nitrogens with zero attached hydrogens (tertiary/aromatic N) is 1. The van der Waals surface area contributed by atoms with Crippen LogP contribution in [0.15, 0.2) is 42.5 Å². The quantitative estimate of drug-likeness (QED) is 0.794. The van der Waals surface area contributed by atoms with E-state index in [9.17, 15) is 14.3 Å². The Hall–Kier alpha value is -1.63. The fraction of sp³-hybridized carbons (Fsp3) is 0.188. The minimum Gasteiger partial charge on any atom is -0.507 e. The largest absolute Gasteiger partial charge is 0.507 e. The molecule has 2 aromatic rings. The van der Waals surface area contributed by atoms with E-state index in [-0.39, 0.29) is 17.5 Å². The Morgan fingerprint density at radius 2 is 1.95 bits per heavy atom. The van der Waals surface area contributed by atoms with Crippen LogP contribution in [0.5, 0.6) is 5.75 Å². The van der Waals surface area contributed by atoms with Crippen molar-refractivity contribution < 1.29 is 14.3 Å². The summed E-state index contributed by atoms with van der Waals surface area (Å²) in [7, 11) is 1.62. The number of rotatable bonds is 3. The van der Waals surface area contributed by atoms with Crippen LogP contribution in [0.4, 0.5) is 4.39 Å². The monoisotopic (exact) mass is 399 g/mol. The molecule has 0 spiro atoms. The van der Waals surface area contributed by atoms with Crippen LogP contribution in [0.25, 0.3) is 0 Å². The third-order valence-corrected chi connectivity index (χ3v) is 4.36. The molecule has 3 nitrogen and oxygen atoms in total. The van der Waals surface area contributed by atoms with E-state index in [1.807, 2.05) is 22.6 Å². The summed E-state index contributed by atoms with van der Waals surface area (Å²) in [5.74, 6) is -0.541. The molecule has 1 unspecified atom stereocenters. The van der Waals surface area contributed by atoms with Gasteiger partial charge in [0.05, 0.1) is 9.61 Å². The van der Waals surface area contributed by atoms with Crippen molar-refractivity contribution in [3.63, 3.8) is 0 Å². The van der Waals surface area contributed by atoms with E-state index < -0.39 is 6.04 Å². The maximum absolute atomic E-state index is 13.8. The van der Waals surface area contributed by atoms with Crippen molar-refractivity contribution in [2.75, 3.05) is 7.05 Å². The van der Waals surface area contributed by atoms with Crippen LogP contribution >= 0.6 is 22.6 Å². The van der Waals surface area contributed by atoms with E-state index in [2.05, 4.69) is 0 Å². The average Bonchev–Trinajstić information content (AvgIpc) is 2.48. The predicted octanol–water partition coefficient (Wildman–Crippen LogP) is 3.97. The molecule has 0 aliphatic rings. The first-order valence-corrected chi connectivity index (χ1v) is 7.49. The molecule has 0 saturated heterocycles. The Morgan fingerprint density at radius 1 is 1.29 bits per heavy atom. The van der Waals surface area contributed by atoms with Crippen molar-refractivity contribution in [3.05, 3.63) is 63.0 Å². The van der Waals surface area contributed by atoms with Gasteiger partial charge in [-0.3, -0.25) is 4.79 Å². The molecule has 110 valence electrons. The Bertz CT molecular complexity index is 675. The lowest BCUT2D eigenvalue weighted by Gasteiger charge is -2.25. The number of phenolic OH excluding ortho intramolecular Hbond substituents is 1. The molecule has 0 aliphatic heterocycles. The van der Waals surface area contributed by atoms with Crippen molar-refractivity contribution in [1.29, 1.82) is 0 Å². The van der Waals surface area contributed by atoms with E-state index in [0.29, 0.717) is 14.7 Å². The molecule has 1 N–H and O–H groups in total. The lowest BCUT2D eigenvalue weighted by Crippen LogP contribution is -2.30. The molecule has 2 rings (SSSR count). The second kappa shape index (κ2) is 6.43. The number of benzene rings is 2. The number of carbonyl (C=O) groups is 1. The van der Waals surface area contributed by atoms with Crippen LogP contribution in [-0.4, -0.2) is 23.0 Å². The van der Waals surface area contributed by atoms with Gasteiger partial charge in [-0.05, 0) is 53.8 Å². The van der Waals surface area contributed by atoms with E-state index in [1.54, 1.807) is 44.3 Å². The molecule has 0 saturated carbocycles. The third-order valence-electron chi connectivity index (χ3n) is 3.45. The van der Waals surface area contributed by atoms with Crippen molar-refractivity contribution in [2.24, 2.45) is 0 Å². The molecule has 2 aromatic carbocycles. The molecule has 0 radical (unpaired) electrons. The van der Waals surface area contributed by atoms with Gasteiger partial charge in [-0.1, -0.05) is 18.2 Å². The highest BCUT2D eigenvalue weighted by molar-refractivity contribution is 14.1. The highest BCUT2D eigenvalue weighted by atomic mass is 127. The van der Waals surface area contributed by atoms with Crippen LogP contribution in [-0.2, 0) is 0 Å². The first-order chi connectivity index (χ1) is 9.91. The lowest BCUT2D eigenvalue weighted by atomic mass is 10.1. The number of amides is 1. The molecule has 0 aromatic heterocycles. The van der Waals surface area contributed by atoms with Crippen molar-refractivity contribution in [1.82, 2.24) is 4.90 Å². The molecule has 5 heteroatoms. The standard InChI is InChI=1S/C16H15FINO2/c1-10(12-5-3-4-6-13(12)17)19(2)16(21)11-7-8-14(18)15(20)9-11/h3-10,20H,1-2H3. The van der Waals surface area contributed by atoms with Crippen LogP contribution in [0.3, 0.4) is 0 Å². The van der Waals surface area contributed by atoms with Crippen LogP contribution < -0.4 is 0 Å². The topological polar surface area (TPSA) is 40.5 Å². The summed E-state index contributed by atoms with van der Waals surface area (Å²) >= 11 is 1.98. The van der Waals surface area contributed by atoms with E-state index >= 15 is 0 Å². The fourth-order valence-corrected chi connectivity index (χ4v) is 2.38. The van der Waals surface area contributed by atoms with Gasteiger partial charge in [-0.15, -0.1) is 0 Å². The Morgan fingerprint density at radius 3 is 2.57 bits per heavy atom. The lowest BCUT2D eigenvalue weighted by molar-refractivity contribution is 0.0740. The van der Waals surface area contributed by atoms with Crippen LogP contribution in [0, 0.1) is 9.39 Å². The number of halogens is 2. The maximum atomic E-state index is 13.8. The Labute approximate surface area is 136 Å². The fourth-order valence-electron chi connectivity index (χ4n) is 2.05. The molecular weight excluding hydrogens is 384 g/mol. The molecule has 1 amide bonds. The van der Waals surface area contributed by atoms with Gasteiger partial charge in [0.15, 0.2) is 0 Å². The summed E-state index contributed by atoms with van der Waals surface area (Å²) in [5, 5.41) is 9.69. The average molecular weight is 399 g/mol. The highest BCUT2D eigenvalue weighted by Crippen LogP contribution is 2.25. The van der Waals surface area contributed by atoms with E-state index in [0.717, 1.165) is 0 Å². The highest BCUT2D eigenvalue weighted by Gasteiger charge is 2.21. The van der Waals surface area contributed by atoms with Gasteiger partial charge in [0.25, 0.3) is 5.91 Å². The van der Waals surface area contributed by atoms with Gasteiger partial charge in [-0.25, -0.2) is 4.39 Å². The second-order valence-corrected chi connectivity index (χ2v) is 5.94. The zero-order valence-corrected chi connectivity index (χ0v) is 13.8. The summed E-state index contributed by atoms with van der Waals surface area (Å²) in [4.78, 5) is 13.9. The first kappa shape index (κ1) is 15.8. The summed E-state index contributed by atoms with van der Waals surface area (Å²) < 4.78 is 14.5. The maximum Gasteiger partial charge on any atom is 0.254 e. The molecule has 0 heterocycles. The van der Waals surface area contributed by atoms with Gasteiger partial charge >= 0.3 is 0 Å². The molecule has 0 aliphatic carbocycles. The second-order valence-electron chi connectivity index (χ2n) is 4.78. The molecule has 21 heavy (non-hydrogen) atoms. The molecule has 0 bridgehead atoms. The van der Waals surface area contributed by atoms with Gasteiger partial charge in [-0.2, -0.15) is 0 Å². The minimum absolute atomic E-state index is 0.0633. The third kappa shape index (κ3) is 3.34. The molecule has 0 fully saturated rings. The molecular formula is C16H15FINO2. The summed E-state index contributed by atoms with van der Waals surface area (Å²) in [6.07, 6.45) is 0. The van der Waals surface area contributed by atoms with Crippen molar-refractivity contribution in [3.8, 4) is 5.75 Å². The van der Waals surface area contributed by atoms with Crippen LogP contribution in [0.2, 0.25) is 0 Å². The van der Waals surface area contributed by atoms with Crippen molar-refractivity contribution in [2.45, 2.75) is 13.0 Å². The minimum atomic E-state index is -0.403. The number of carbonyl (C=O) groups excluding carboxylic acids is 1. The predicted molar refractivity (Wildman–Crippen MR) is 87.7 cm³/mol. The van der Waals surface area contributed by atoms with Crippen LogP contribution in [0.1, 0.15) is 28.9 Å². The number of hydrogen-bond acceptors (Lipinski definition) is 2. The van der Waals surface area contributed by atoms with Gasteiger partial charge in [0.2, 0.25) is 0 Å². The zero-order valence-electron chi connectivity index (χ0n) is 11.7. The zero-order chi connectivity index (χ0) is 15.6. The molecule has 1 atom stereocenters.